The van der Waals surface area contributed by atoms with Crippen molar-refractivity contribution in [2.24, 2.45) is 11.8 Å². The van der Waals surface area contributed by atoms with Crippen molar-refractivity contribution in [1.82, 2.24) is 74.5 Å². The maximum Gasteiger partial charge on any atom is 0.336 e. The van der Waals surface area contributed by atoms with Gasteiger partial charge in [-0.25, -0.2) is 82.4 Å². The highest BCUT2D eigenvalue weighted by Crippen LogP contribution is 2.50. The van der Waals surface area contributed by atoms with Crippen LogP contribution in [0.1, 0.15) is 161 Å². The van der Waals surface area contributed by atoms with Crippen molar-refractivity contribution < 1.29 is 86.0 Å². The summed E-state index contributed by atoms with van der Waals surface area (Å²) in [5, 5.41) is 44.9. The number of nitrogens with one attached hydrogen (secondary N) is 6. The summed E-state index contributed by atoms with van der Waals surface area (Å²) < 4.78 is 79.9. The maximum atomic E-state index is 14.6. The van der Waals surface area contributed by atoms with Gasteiger partial charge in [-0.1, -0.05) is 133 Å². The highest BCUT2D eigenvalue weighted by atomic mass is 19.1. The molecule has 9 N–H and O–H groups in total. The lowest BCUT2D eigenvalue weighted by Crippen LogP contribution is -2.29. The molecule has 4 aliphatic heterocycles. The van der Waals surface area contributed by atoms with E-state index in [0.717, 1.165) is 41.5 Å². The molecular weight excluding hydrogens is 1660 g/mol. The number of aromatic carboxylic acids is 3. The molecule has 6 aromatic carbocycles. The fourth-order valence-corrected chi connectivity index (χ4v) is 17.9. The number of benzene rings is 6. The van der Waals surface area contributed by atoms with Gasteiger partial charge >= 0.3 is 36.0 Å². The quantitative estimate of drug-likeness (QED) is 0.0210. The Hall–Kier alpha value is -13.8. The summed E-state index contributed by atoms with van der Waals surface area (Å²) in [6.07, 6.45) is 18.6. The summed E-state index contributed by atoms with van der Waals surface area (Å²) in [6.45, 7) is 6.87. The maximum absolute atomic E-state index is 14.6. The van der Waals surface area contributed by atoms with Crippen LogP contribution in [0, 0.1) is 23.5 Å². The highest BCUT2D eigenvalue weighted by Gasteiger charge is 2.56. The molecule has 34 nitrogen and oxygen atoms in total. The number of carboxylic acids is 3. The molecule has 6 amide bonds. The molecule has 36 heteroatoms. The van der Waals surface area contributed by atoms with Crippen LogP contribution in [0.25, 0.3) is 45.6 Å². The van der Waals surface area contributed by atoms with E-state index in [4.69, 9.17) is 33.2 Å². The lowest BCUT2D eigenvalue weighted by Gasteiger charge is -2.21. The minimum Gasteiger partial charge on any atom is -0.478 e. The second-order valence-electron chi connectivity index (χ2n) is 31.7. The number of halogens is 2. The molecular formula is C93H96F2N18O16. The number of fused-ring (bicyclic) bond motifs is 6. The minimum absolute atomic E-state index is 0.0136. The van der Waals surface area contributed by atoms with Crippen LogP contribution in [0.5, 0.6) is 0 Å². The third-order valence-electron chi connectivity index (χ3n) is 23.7. The molecule has 12 aromatic rings. The van der Waals surface area contributed by atoms with E-state index in [9.17, 15) is 52.9 Å². The number of imidazole rings is 3. The molecule has 2 saturated carbocycles. The predicted molar refractivity (Wildman–Crippen MR) is 468 cm³/mol. The summed E-state index contributed by atoms with van der Waals surface area (Å²) >= 11 is 0. The molecule has 12 unspecified atom stereocenters. The van der Waals surface area contributed by atoms with Crippen LogP contribution in [0.15, 0.2) is 202 Å². The standard InChI is InChI=1S/C32H33FN6O5.C32H34N6O5.C29H29FN6O6/c1-2-34-32(42)38-29-26-30(36-17-35-29)39(18-37-26)24-16-20(10-6-11-21-22(31(40)41)12-7-13-23(21)33)27-28(24)44-25(43-27)15-14-19-8-4-3-5-9-19;1-2-33-32(41)37-29-26-30(35-18-34-29)38(19-36-26)24-17-22(13-8-12-21-11-6-7-14-23(21)31(39)40)27-28(24)43-25(42-27)16-15-20-9-4-3-5-10-20;1-2-31-29(39)35-24-21-25(33-14-32-24)36(15-34-21)26-23-22(41-28(42-23)16-8-4-3-5-9-16)20(40-26)13-7-10-17-18(27(37)38)11-6-12-19(17)30/h3-5,7-9,12-15,17-18,20,24-25,27-28H,2,6,10-11,16H2,1H3,(H,40,41)(H2,34,35,36,38,42);3-7,9-11,14-16,18-19,22,24-25,27-28H,2,8,12-13,17H2,1H3,(H,39,40)(H2,33,34,35,37,41);3-6,8-9,11-12,14-15,20,22-23,26,28H,2,7,10,13H2,1H3,(H,37,38)(H2,31,32,33,35,39)/b15-14+;16-15+;/t20?,24?,25-,27?,28?;22?,24?,25-,27?,28?;20?,22?,23?,26?,28-/m000/s1. The van der Waals surface area contributed by atoms with Crippen molar-refractivity contribution in [1.29, 1.82) is 0 Å². The van der Waals surface area contributed by atoms with Crippen LogP contribution in [-0.4, -0.2) is 185 Å². The summed E-state index contributed by atoms with van der Waals surface area (Å²) in [7, 11) is 0. The Balaban J connectivity index is 0.000000142. The van der Waals surface area contributed by atoms with Crippen molar-refractivity contribution in [3.05, 3.63) is 263 Å². The SMILES string of the molecule is CCNC(=O)Nc1ncnc2c1ncn2C1CC(CCCc2c(F)cccc2C(=O)O)C2O[C@H](/C=C/c3ccccc3)OC21.CCNC(=O)Nc1ncnc2c1ncn2C1CC(CCCc2ccccc2C(=O)O)C2O[C@H](/C=C/c3ccccc3)OC21.CCNC(=O)Nc1ncnc2c1ncn2C1OC(CCCc2c(F)cccc2C(=O)O)C2O[C@H](c3ccccc3)OC21. The Morgan fingerprint density at radius 3 is 1.26 bits per heavy atom. The van der Waals surface area contributed by atoms with Gasteiger partial charge in [-0.05, 0) is 162 Å². The van der Waals surface area contributed by atoms with Crippen molar-refractivity contribution >= 4 is 99.1 Å². The van der Waals surface area contributed by atoms with Gasteiger partial charge in [0.2, 0.25) is 0 Å². The topological polar surface area (TPSA) is 431 Å². The first kappa shape index (κ1) is 88.7. The number of rotatable bonds is 29. The van der Waals surface area contributed by atoms with Crippen molar-refractivity contribution in [3.8, 4) is 0 Å². The molecule has 129 heavy (non-hydrogen) atoms. The Kier molecular flexibility index (Phi) is 28.1. The van der Waals surface area contributed by atoms with Gasteiger partial charge in [-0.3, -0.25) is 20.5 Å². The van der Waals surface area contributed by atoms with Gasteiger partial charge in [0.25, 0.3) is 0 Å². The molecule has 4 saturated heterocycles. The van der Waals surface area contributed by atoms with E-state index < -0.39 is 79.0 Å². The third kappa shape index (κ3) is 20.2. The van der Waals surface area contributed by atoms with Gasteiger partial charge in [-0.15, -0.1) is 0 Å². The van der Waals surface area contributed by atoms with Crippen molar-refractivity contribution in [2.45, 2.75) is 171 Å². The van der Waals surface area contributed by atoms with E-state index in [1.54, 1.807) is 35.7 Å². The number of aryl methyl sites for hydroxylation is 1. The number of carboxylic acid groups (broad SMARTS) is 3. The minimum atomic E-state index is -1.17. The zero-order chi connectivity index (χ0) is 89.6. The smallest absolute Gasteiger partial charge is 0.336 e. The molecule has 15 atom stereocenters. The number of hydrogen-bond donors (Lipinski definition) is 9. The Morgan fingerprint density at radius 1 is 0.411 bits per heavy atom. The molecule has 6 aliphatic rings. The number of ether oxygens (including phenoxy) is 7. The van der Waals surface area contributed by atoms with E-state index in [-0.39, 0.29) is 94.9 Å². The monoisotopic (exact) mass is 1760 g/mol. The summed E-state index contributed by atoms with van der Waals surface area (Å²) in [5.74, 6) is -3.17. The number of urea groups is 3. The second-order valence-corrected chi connectivity index (χ2v) is 31.7. The van der Waals surface area contributed by atoms with Gasteiger partial charge in [0.15, 0.2) is 76.0 Å². The van der Waals surface area contributed by atoms with E-state index in [2.05, 4.69) is 76.8 Å². The lowest BCUT2D eigenvalue weighted by molar-refractivity contribution is -0.148. The number of anilines is 3. The molecule has 10 heterocycles. The molecule has 0 radical (unpaired) electrons. The zero-order valence-electron chi connectivity index (χ0n) is 70.5. The Labute approximate surface area is 738 Å². The highest BCUT2D eigenvalue weighted by molar-refractivity contribution is 5.98. The van der Waals surface area contributed by atoms with Gasteiger partial charge in [0.1, 0.15) is 55.0 Å². The average Bonchev–Trinajstić information content (AvgIpc) is 1.63. The second kappa shape index (κ2) is 40.9. The van der Waals surface area contributed by atoms with Gasteiger partial charge < -0.3 is 73.6 Å². The summed E-state index contributed by atoms with van der Waals surface area (Å²) in [6, 6.07) is 43.3. The van der Waals surface area contributed by atoms with Crippen LogP contribution in [0.4, 0.5) is 40.6 Å². The molecule has 0 spiro atoms. The number of aromatic nitrogens is 12. The van der Waals surface area contributed by atoms with E-state index in [1.165, 1.54) is 55.4 Å². The number of nitrogens with zero attached hydrogens (tertiary/aromatic N) is 12. The first-order valence-electron chi connectivity index (χ1n) is 43.0. The fraction of sp³-hybridized carbons (Fsp3) is 0.344. The van der Waals surface area contributed by atoms with Crippen molar-refractivity contribution in [3.63, 3.8) is 0 Å². The van der Waals surface area contributed by atoms with Gasteiger partial charge in [0.05, 0.1) is 66.1 Å². The van der Waals surface area contributed by atoms with Gasteiger partial charge in [0, 0.05) is 36.3 Å². The van der Waals surface area contributed by atoms with E-state index in [0.29, 0.717) is 115 Å². The molecule has 6 fully saturated rings. The number of carbonyl (C=O) groups excluding carboxylic acids is 3. The van der Waals surface area contributed by atoms with Crippen LogP contribution in [0.2, 0.25) is 0 Å². The number of hydrogen-bond acceptors (Lipinski definition) is 22. The first-order chi connectivity index (χ1) is 62.9. The third-order valence-corrected chi connectivity index (χ3v) is 23.7. The molecule has 6 aromatic heterocycles. The largest absolute Gasteiger partial charge is 0.478 e. The molecule has 2 aliphatic carbocycles. The molecule has 0 bridgehead atoms. The summed E-state index contributed by atoms with van der Waals surface area (Å²) in [5.41, 5.74) is 7.35. The van der Waals surface area contributed by atoms with Crippen LogP contribution >= 0.6 is 0 Å². The van der Waals surface area contributed by atoms with Crippen LogP contribution < -0.4 is 31.9 Å². The fourth-order valence-electron chi connectivity index (χ4n) is 17.9. The normalized spacial score (nSPS) is 23.0. The first-order valence-corrected chi connectivity index (χ1v) is 43.0. The van der Waals surface area contributed by atoms with Crippen LogP contribution in [-0.2, 0) is 52.4 Å². The predicted octanol–water partition coefficient (Wildman–Crippen LogP) is 14.5. The Bertz CT molecular complexity index is 6050. The van der Waals surface area contributed by atoms with E-state index in [1.807, 2.05) is 157 Å². The summed E-state index contributed by atoms with van der Waals surface area (Å²) in [4.78, 5) is 111. The van der Waals surface area contributed by atoms with Gasteiger partial charge in [-0.2, -0.15) is 0 Å². The molecule has 18 rings (SSSR count). The zero-order valence-corrected chi connectivity index (χ0v) is 70.5. The Morgan fingerprint density at radius 2 is 0.806 bits per heavy atom. The average molecular weight is 1760 g/mol. The molecule has 668 valence electrons. The van der Waals surface area contributed by atoms with Crippen molar-refractivity contribution in [2.75, 3.05) is 35.6 Å². The van der Waals surface area contributed by atoms with Crippen LogP contribution in [0.3, 0.4) is 0 Å². The van der Waals surface area contributed by atoms with E-state index >= 15 is 0 Å². The lowest BCUT2D eigenvalue weighted by atomic mass is 9.94. The number of amides is 6. The number of carbonyl (C=O) groups is 6.